The lowest BCUT2D eigenvalue weighted by atomic mass is 9.75. The molecule has 0 aromatic carbocycles. The fourth-order valence-electron chi connectivity index (χ4n) is 2.39. The zero-order valence-electron chi connectivity index (χ0n) is 10.7. The number of aromatic nitrogens is 1. The Morgan fingerprint density at radius 3 is 2.94 bits per heavy atom. The molecule has 0 aliphatic carbocycles. The predicted octanol–water partition coefficient (Wildman–Crippen LogP) is 2.42. The fourth-order valence-corrected chi connectivity index (χ4v) is 2.74. The maximum atomic E-state index is 12.5. The molecule has 98 valence electrons. The number of halogens is 1. The van der Waals surface area contributed by atoms with Gasteiger partial charge in [-0.25, -0.2) is 4.98 Å². The lowest BCUT2D eigenvalue weighted by Crippen LogP contribution is -2.42. The van der Waals surface area contributed by atoms with Crippen molar-refractivity contribution in [3.63, 3.8) is 0 Å². The maximum Gasteiger partial charge on any atom is 0.232 e. The molecular weight excluding hydrogens is 294 g/mol. The van der Waals surface area contributed by atoms with Crippen molar-refractivity contribution in [1.29, 1.82) is 0 Å². The molecule has 1 aliphatic heterocycles. The van der Waals surface area contributed by atoms with Crippen molar-refractivity contribution in [2.24, 2.45) is 11.3 Å². The van der Waals surface area contributed by atoms with Crippen molar-refractivity contribution in [1.82, 2.24) is 10.3 Å². The van der Waals surface area contributed by atoms with Crippen LogP contribution in [0.3, 0.4) is 0 Å². The van der Waals surface area contributed by atoms with E-state index in [-0.39, 0.29) is 11.3 Å². The van der Waals surface area contributed by atoms with Crippen molar-refractivity contribution in [3.05, 3.63) is 22.9 Å². The third-order valence-corrected chi connectivity index (χ3v) is 4.38. The summed E-state index contributed by atoms with van der Waals surface area (Å²) >= 11 is 3.35. The van der Waals surface area contributed by atoms with Gasteiger partial charge in [-0.1, -0.05) is 13.8 Å². The second kappa shape index (κ2) is 5.36. The molecule has 2 heterocycles. The minimum absolute atomic E-state index is 0.0798. The number of carbonyl (C=O) groups excluding carboxylic acids is 1. The standard InChI is InChI=1S/C13H18BrN3O/c1-9(2)13(5-7-15-8-13)12(18)17-10-4-3-6-16-11(10)14/h3-4,6,9,15H,5,7-8H2,1-2H3,(H,17,18). The molecule has 1 amide bonds. The van der Waals surface area contributed by atoms with Crippen molar-refractivity contribution >= 4 is 27.5 Å². The molecule has 4 nitrogen and oxygen atoms in total. The third kappa shape index (κ3) is 2.42. The van der Waals surface area contributed by atoms with Crippen LogP contribution in [-0.2, 0) is 4.79 Å². The van der Waals surface area contributed by atoms with E-state index in [4.69, 9.17) is 0 Å². The first-order valence-electron chi connectivity index (χ1n) is 6.19. The molecule has 0 spiro atoms. The van der Waals surface area contributed by atoms with Gasteiger partial charge in [0, 0.05) is 12.7 Å². The summed E-state index contributed by atoms with van der Waals surface area (Å²) in [6.07, 6.45) is 2.57. The van der Waals surface area contributed by atoms with Gasteiger partial charge in [0.1, 0.15) is 4.60 Å². The van der Waals surface area contributed by atoms with Crippen LogP contribution in [0, 0.1) is 11.3 Å². The number of rotatable bonds is 3. The molecule has 0 bridgehead atoms. The van der Waals surface area contributed by atoms with E-state index in [0.29, 0.717) is 10.5 Å². The minimum Gasteiger partial charge on any atom is -0.323 e. The van der Waals surface area contributed by atoms with Gasteiger partial charge in [0.05, 0.1) is 11.1 Å². The average Bonchev–Trinajstić information content (AvgIpc) is 2.82. The SMILES string of the molecule is CC(C)C1(C(=O)Nc2cccnc2Br)CCNC1. The van der Waals surface area contributed by atoms with E-state index in [9.17, 15) is 4.79 Å². The molecule has 0 saturated carbocycles. The van der Waals surface area contributed by atoms with Crippen LogP contribution < -0.4 is 10.6 Å². The lowest BCUT2D eigenvalue weighted by Gasteiger charge is -2.31. The third-order valence-electron chi connectivity index (χ3n) is 3.75. The van der Waals surface area contributed by atoms with Crippen LogP contribution >= 0.6 is 15.9 Å². The highest BCUT2D eigenvalue weighted by Crippen LogP contribution is 2.35. The van der Waals surface area contributed by atoms with Crippen LogP contribution in [0.4, 0.5) is 5.69 Å². The molecule has 1 unspecified atom stereocenters. The molecule has 1 fully saturated rings. The van der Waals surface area contributed by atoms with E-state index < -0.39 is 0 Å². The fraction of sp³-hybridized carbons (Fsp3) is 0.538. The Kier molecular flexibility index (Phi) is 4.02. The van der Waals surface area contributed by atoms with Crippen LogP contribution in [-0.4, -0.2) is 24.0 Å². The van der Waals surface area contributed by atoms with E-state index in [1.54, 1.807) is 6.20 Å². The second-order valence-corrected chi connectivity index (χ2v) is 5.78. The first kappa shape index (κ1) is 13.5. The Morgan fingerprint density at radius 2 is 2.39 bits per heavy atom. The van der Waals surface area contributed by atoms with E-state index in [2.05, 4.69) is 45.4 Å². The minimum atomic E-state index is -0.310. The lowest BCUT2D eigenvalue weighted by molar-refractivity contribution is -0.126. The van der Waals surface area contributed by atoms with Crippen molar-refractivity contribution in [3.8, 4) is 0 Å². The Balaban J connectivity index is 2.19. The van der Waals surface area contributed by atoms with Crippen molar-refractivity contribution in [2.75, 3.05) is 18.4 Å². The summed E-state index contributed by atoms with van der Waals surface area (Å²) in [6, 6.07) is 3.67. The Hall–Kier alpha value is -0.940. The zero-order valence-corrected chi connectivity index (χ0v) is 12.3. The molecule has 0 radical (unpaired) electrons. The summed E-state index contributed by atoms with van der Waals surface area (Å²) in [5, 5.41) is 6.27. The van der Waals surface area contributed by atoms with Gasteiger partial charge in [0.25, 0.3) is 0 Å². The van der Waals surface area contributed by atoms with E-state index in [0.717, 1.165) is 25.2 Å². The van der Waals surface area contributed by atoms with Gasteiger partial charge >= 0.3 is 0 Å². The number of hydrogen-bond acceptors (Lipinski definition) is 3. The molecule has 1 atom stereocenters. The second-order valence-electron chi connectivity index (χ2n) is 5.03. The van der Waals surface area contributed by atoms with Crippen LogP contribution in [0.2, 0.25) is 0 Å². The summed E-state index contributed by atoms with van der Waals surface area (Å²) in [6.45, 7) is 5.85. The van der Waals surface area contributed by atoms with Crippen LogP contribution in [0.5, 0.6) is 0 Å². The molecule has 5 heteroatoms. The van der Waals surface area contributed by atoms with Crippen LogP contribution in [0.25, 0.3) is 0 Å². The highest BCUT2D eigenvalue weighted by molar-refractivity contribution is 9.10. The Morgan fingerprint density at radius 1 is 1.61 bits per heavy atom. The highest BCUT2D eigenvalue weighted by atomic mass is 79.9. The first-order chi connectivity index (χ1) is 8.56. The summed E-state index contributed by atoms with van der Waals surface area (Å²) in [4.78, 5) is 16.6. The quantitative estimate of drug-likeness (QED) is 0.843. The van der Waals surface area contributed by atoms with Gasteiger partial charge in [-0.15, -0.1) is 0 Å². The summed E-state index contributed by atoms with van der Waals surface area (Å²) in [7, 11) is 0. The zero-order chi connectivity index (χ0) is 13.2. The normalized spacial score (nSPS) is 23.3. The van der Waals surface area contributed by atoms with Gasteiger partial charge in [0.15, 0.2) is 0 Å². The first-order valence-corrected chi connectivity index (χ1v) is 6.98. The Bertz CT molecular complexity index is 442. The number of amides is 1. The molecule has 1 saturated heterocycles. The molecule has 2 rings (SSSR count). The van der Waals surface area contributed by atoms with Gasteiger partial charge in [-0.05, 0) is 46.9 Å². The van der Waals surface area contributed by atoms with Crippen LogP contribution in [0.1, 0.15) is 20.3 Å². The number of hydrogen-bond donors (Lipinski definition) is 2. The van der Waals surface area contributed by atoms with E-state index in [1.807, 2.05) is 12.1 Å². The highest BCUT2D eigenvalue weighted by Gasteiger charge is 2.43. The average molecular weight is 312 g/mol. The Labute approximate surface area is 116 Å². The summed E-state index contributed by atoms with van der Waals surface area (Å²) in [5.41, 5.74) is 0.421. The predicted molar refractivity (Wildman–Crippen MR) is 75.3 cm³/mol. The molecule has 1 aromatic rings. The summed E-state index contributed by atoms with van der Waals surface area (Å²) in [5.74, 6) is 0.388. The van der Waals surface area contributed by atoms with Gasteiger partial charge in [-0.2, -0.15) is 0 Å². The molecule has 1 aromatic heterocycles. The summed E-state index contributed by atoms with van der Waals surface area (Å²) < 4.78 is 0.670. The largest absolute Gasteiger partial charge is 0.323 e. The van der Waals surface area contributed by atoms with E-state index in [1.165, 1.54) is 0 Å². The maximum absolute atomic E-state index is 12.5. The van der Waals surface area contributed by atoms with Crippen molar-refractivity contribution in [2.45, 2.75) is 20.3 Å². The smallest absolute Gasteiger partial charge is 0.232 e. The van der Waals surface area contributed by atoms with Gasteiger partial charge < -0.3 is 10.6 Å². The number of nitrogens with one attached hydrogen (secondary N) is 2. The molecule has 2 N–H and O–H groups in total. The number of anilines is 1. The van der Waals surface area contributed by atoms with Gasteiger partial charge in [0.2, 0.25) is 5.91 Å². The monoisotopic (exact) mass is 311 g/mol. The topological polar surface area (TPSA) is 54.0 Å². The van der Waals surface area contributed by atoms with Crippen LogP contribution in [0.15, 0.2) is 22.9 Å². The molecular formula is C13H18BrN3O. The van der Waals surface area contributed by atoms with Gasteiger partial charge in [-0.3, -0.25) is 4.79 Å². The molecule has 1 aliphatic rings. The number of pyridine rings is 1. The van der Waals surface area contributed by atoms with E-state index >= 15 is 0 Å². The number of nitrogens with zero attached hydrogens (tertiary/aromatic N) is 1. The number of carbonyl (C=O) groups is 1. The van der Waals surface area contributed by atoms with Crippen molar-refractivity contribution < 1.29 is 4.79 Å². The molecule has 18 heavy (non-hydrogen) atoms.